The number of benzene rings is 1. The standard InChI is InChI=1S/C26H34F3N5O3/c1-2-3-13-32-14-16-33(17-15-32)24-5-4-6-25(31-24)37-21-10-7-19(8-11-21)30-20-9-12-23(34(35)36)22(18-20)26(27,28)29/h4-6,9,12,18-19,21,30H,2-3,7-8,10-11,13-17H2,1H3/t19-,21-. The second-order valence-corrected chi connectivity index (χ2v) is 9.74. The lowest BCUT2D eigenvalue weighted by Crippen LogP contribution is -2.46. The molecule has 0 spiro atoms. The number of piperazine rings is 1. The number of nitrogens with zero attached hydrogens (tertiary/aromatic N) is 4. The van der Waals surface area contributed by atoms with Crippen molar-refractivity contribution >= 4 is 17.2 Å². The van der Waals surface area contributed by atoms with Gasteiger partial charge in [0.1, 0.15) is 17.5 Å². The topological polar surface area (TPSA) is 83.8 Å². The van der Waals surface area contributed by atoms with Gasteiger partial charge < -0.3 is 15.0 Å². The number of halogens is 3. The monoisotopic (exact) mass is 521 g/mol. The summed E-state index contributed by atoms with van der Waals surface area (Å²) in [6.07, 6.45) is 0.504. The van der Waals surface area contributed by atoms with Crippen molar-refractivity contribution in [2.75, 3.05) is 42.9 Å². The number of anilines is 2. The number of ether oxygens (including phenoxy) is 1. The van der Waals surface area contributed by atoms with E-state index in [9.17, 15) is 23.3 Å². The summed E-state index contributed by atoms with van der Waals surface area (Å²) in [7, 11) is 0. The highest BCUT2D eigenvalue weighted by Crippen LogP contribution is 2.38. The zero-order valence-corrected chi connectivity index (χ0v) is 21.0. The molecule has 0 atom stereocenters. The van der Waals surface area contributed by atoms with Crippen molar-refractivity contribution in [1.82, 2.24) is 9.88 Å². The first kappa shape index (κ1) is 27.0. The van der Waals surface area contributed by atoms with E-state index in [-0.39, 0.29) is 17.8 Å². The van der Waals surface area contributed by atoms with E-state index in [1.165, 1.54) is 18.9 Å². The van der Waals surface area contributed by atoms with Crippen LogP contribution in [0.15, 0.2) is 36.4 Å². The van der Waals surface area contributed by atoms with Gasteiger partial charge in [-0.25, -0.2) is 0 Å². The Morgan fingerprint density at radius 2 is 1.84 bits per heavy atom. The average Bonchev–Trinajstić information content (AvgIpc) is 2.88. The van der Waals surface area contributed by atoms with Gasteiger partial charge in [-0.2, -0.15) is 18.2 Å². The molecule has 1 saturated carbocycles. The molecule has 1 aromatic heterocycles. The number of aromatic nitrogens is 1. The highest BCUT2D eigenvalue weighted by molar-refractivity contribution is 5.55. The van der Waals surface area contributed by atoms with E-state index in [1.807, 2.05) is 18.2 Å². The minimum absolute atomic E-state index is 0.0192. The van der Waals surface area contributed by atoms with Crippen molar-refractivity contribution in [3.8, 4) is 5.88 Å². The molecule has 8 nitrogen and oxygen atoms in total. The lowest BCUT2D eigenvalue weighted by atomic mass is 9.92. The van der Waals surface area contributed by atoms with E-state index in [0.29, 0.717) is 18.7 Å². The van der Waals surface area contributed by atoms with Gasteiger partial charge in [0, 0.05) is 50.0 Å². The van der Waals surface area contributed by atoms with Crippen molar-refractivity contribution < 1.29 is 22.8 Å². The maximum atomic E-state index is 13.3. The van der Waals surface area contributed by atoms with Gasteiger partial charge in [-0.1, -0.05) is 19.4 Å². The van der Waals surface area contributed by atoms with Crippen LogP contribution in [0.3, 0.4) is 0 Å². The quantitative estimate of drug-likeness (QED) is 0.333. The minimum Gasteiger partial charge on any atom is -0.474 e. The lowest BCUT2D eigenvalue weighted by Gasteiger charge is -2.35. The van der Waals surface area contributed by atoms with E-state index in [2.05, 4.69) is 22.0 Å². The second-order valence-electron chi connectivity index (χ2n) is 9.74. The van der Waals surface area contributed by atoms with Crippen LogP contribution in [0.5, 0.6) is 5.88 Å². The van der Waals surface area contributed by atoms with Gasteiger partial charge in [0.15, 0.2) is 0 Å². The number of hydrogen-bond acceptors (Lipinski definition) is 7. The first-order chi connectivity index (χ1) is 17.7. The Bertz CT molecular complexity index is 1050. The molecule has 1 aliphatic carbocycles. The van der Waals surface area contributed by atoms with E-state index in [0.717, 1.165) is 63.5 Å². The number of nitrogens with one attached hydrogen (secondary N) is 1. The Labute approximate surface area is 215 Å². The van der Waals surface area contributed by atoms with E-state index in [1.54, 1.807) is 0 Å². The van der Waals surface area contributed by atoms with Gasteiger partial charge in [-0.3, -0.25) is 15.0 Å². The van der Waals surface area contributed by atoms with Crippen LogP contribution in [-0.4, -0.2) is 59.7 Å². The summed E-state index contributed by atoms with van der Waals surface area (Å²) in [5, 5.41) is 14.1. The molecule has 202 valence electrons. The normalized spacial score (nSPS) is 21.0. The lowest BCUT2D eigenvalue weighted by molar-refractivity contribution is -0.388. The van der Waals surface area contributed by atoms with Gasteiger partial charge in [0.05, 0.1) is 4.92 Å². The van der Waals surface area contributed by atoms with Gasteiger partial charge in [0.2, 0.25) is 5.88 Å². The molecule has 1 aromatic carbocycles. The Morgan fingerprint density at radius 3 is 2.49 bits per heavy atom. The van der Waals surface area contributed by atoms with Crippen LogP contribution in [0.4, 0.5) is 30.4 Å². The molecule has 11 heteroatoms. The first-order valence-electron chi connectivity index (χ1n) is 13.0. The predicted octanol–water partition coefficient (Wildman–Crippen LogP) is 5.73. The molecule has 2 aromatic rings. The van der Waals surface area contributed by atoms with Gasteiger partial charge in [-0.15, -0.1) is 0 Å². The Hall–Kier alpha value is -3.08. The average molecular weight is 522 g/mol. The van der Waals surface area contributed by atoms with Crippen LogP contribution in [0.25, 0.3) is 0 Å². The molecule has 4 rings (SSSR count). The maximum Gasteiger partial charge on any atom is 0.423 e. The highest BCUT2D eigenvalue weighted by atomic mass is 19.4. The third-order valence-corrected chi connectivity index (χ3v) is 7.06. The molecule has 1 saturated heterocycles. The van der Waals surface area contributed by atoms with Crippen LogP contribution in [-0.2, 0) is 6.18 Å². The molecule has 1 N–H and O–H groups in total. The summed E-state index contributed by atoms with van der Waals surface area (Å²) in [5.41, 5.74) is -1.96. The fourth-order valence-corrected chi connectivity index (χ4v) is 4.97. The van der Waals surface area contributed by atoms with E-state index < -0.39 is 22.4 Å². The summed E-state index contributed by atoms with van der Waals surface area (Å²) < 4.78 is 46.0. The molecule has 0 unspecified atom stereocenters. The largest absolute Gasteiger partial charge is 0.474 e. The zero-order valence-electron chi connectivity index (χ0n) is 21.0. The second kappa shape index (κ2) is 12.0. The summed E-state index contributed by atoms with van der Waals surface area (Å²) in [5.74, 6) is 1.51. The SMILES string of the molecule is CCCCN1CCN(c2cccc(O[C@H]3CC[C@H](Nc4ccc([N+](=O)[O-])c(C(F)(F)F)c4)CC3)n2)CC1. The van der Waals surface area contributed by atoms with Crippen molar-refractivity contribution in [2.45, 2.75) is 63.8 Å². The maximum absolute atomic E-state index is 13.3. The van der Waals surface area contributed by atoms with E-state index >= 15 is 0 Å². The smallest absolute Gasteiger partial charge is 0.423 e. The van der Waals surface area contributed by atoms with Gasteiger partial charge in [0.25, 0.3) is 5.69 Å². The summed E-state index contributed by atoms with van der Waals surface area (Å²) in [6.45, 7) is 7.30. The molecule has 2 aliphatic rings. The molecular formula is C26H34F3N5O3. The Kier molecular flexibility index (Phi) is 8.73. The zero-order chi connectivity index (χ0) is 26.4. The van der Waals surface area contributed by atoms with Crippen LogP contribution >= 0.6 is 0 Å². The van der Waals surface area contributed by atoms with Gasteiger partial charge >= 0.3 is 6.18 Å². The summed E-state index contributed by atoms with van der Waals surface area (Å²) in [4.78, 5) is 19.5. The fourth-order valence-electron chi connectivity index (χ4n) is 4.97. The van der Waals surface area contributed by atoms with Crippen LogP contribution in [0.1, 0.15) is 51.0 Å². The van der Waals surface area contributed by atoms with Crippen LogP contribution in [0.2, 0.25) is 0 Å². The molecule has 37 heavy (non-hydrogen) atoms. The third-order valence-electron chi connectivity index (χ3n) is 7.06. The number of hydrogen-bond donors (Lipinski definition) is 1. The highest BCUT2D eigenvalue weighted by Gasteiger charge is 2.38. The van der Waals surface area contributed by atoms with E-state index in [4.69, 9.17) is 9.72 Å². The van der Waals surface area contributed by atoms with Crippen molar-refractivity contribution in [3.05, 3.63) is 52.1 Å². The number of pyridine rings is 1. The number of rotatable bonds is 9. The molecule has 2 heterocycles. The number of nitro groups is 1. The summed E-state index contributed by atoms with van der Waals surface area (Å²) >= 11 is 0. The van der Waals surface area contributed by atoms with Crippen molar-refractivity contribution in [3.63, 3.8) is 0 Å². The fraction of sp³-hybridized carbons (Fsp3) is 0.577. The molecule has 1 aliphatic heterocycles. The summed E-state index contributed by atoms with van der Waals surface area (Å²) in [6, 6.07) is 8.85. The Balaban J connectivity index is 1.28. The van der Waals surface area contributed by atoms with Gasteiger partial charge in [-0.05, 0) is 56.8 Å². The number of unbranched alkanes of at least 4 members (excludes halogenated alkanes) is 1. The predicted molar refractivity (Wildman–Crippen MR) is 136 cm³/mol. The van der Waals surface area contributed by atoms with Crippen molar-refractivity contribution in [1.29, 1.82) is 0 Å². The molecule has 0 bridgehead atoms. The minimum atomic E-state index is -4.80. The molecule has 0 radical (unpaired) electrons. The Morgan fingerprint density at radius 1 is 1.11 bits per heavy atom. The molecule has 2 fully saturated rings. The number of nitro benzene ring substituents is 1. The molecule has 0 amide bonds. The van der Waals surface area contributed by atoms with Crippen LogP contribution in [0, 0.1) is 10.1 Å². The number of alkyl halides is 3. The molecular weight excluding hydrogens is 487 g/mol. The third kappa shape index (κ3) is 7.24. The van der Waals surface area contributed by atoms with Crippen LogP contribution < -0.4 is 15.0 Å². The first-order valence-corrected chi connectivity index (χ1v) is 13.0. The van der Waals surface area contributed by atoms with Crippen molar-refractivity contribution in [2.24, 2.45) is 0 Å².